The number of hydrogen-bond donors (Lipinski definition) is 1. The number of rotatable bonds is 3. The van der Waals surface area contributed by atoms with Gasteiger partial charge < -0.3 is 5.73 Å². The lowest BCUT2D eigenvalue weighted by atomic mass is 9.89. The van der Waals surface area contributed by atoms with Gasteiger partial charge in [0.1, 0.15) is 0 Å². The van der Waals surface area contributed by atoms with E-state index in [1.807, 2.05) is 6.08 Å². The number of allylic oxidation sites excluding steroid dienone is 5. The SMILES string of the molecule is C=CC1=CC=CCC1CCN. The molecule has 2 N–H and O–H groups in total. The zero-order valence-electron chi connectivity index (χ0n) is 6.79. The molecule has 1 unspecified atom stereocenters. The number of hydrogen-bond acceptors (Lipinski definition) is 1. The Balaban J connectivity index is 2.59. The van der Waals surface area contributed by atoms with Crippen molar-refractivity contribution in [3.05, 3.63) is 36.5 Å². The highest BCUT2D eigenvalue weighted by molar-refractivity contribution is 5.28. The molecule has 1 aliphatic carbocycles. The summed E-state index contributed by atoms with van der Waals surface area (Å²) in [7, 11) is 0. The van der Waals surface area contributed by atoms with Gasteiger partial charge in [0.15, 0.2) is 0 Å². The van der Waals surface area contributed by atoms with Crippen LogP contribution >= 0.6 is 0 Å². The van der Waals surface area contributed by atoms with Crippen LogP contribution in [0.4, 0.5) is 0 Å². The summed E-state index contributed by atoms with van der Waals surface area (Å²) in [5, 5.41) is 0. The van der Waals surface area contributed by atoms with E-state index in [0.717, 1.165) is 19.4 Å². The molecule has 1 aliphatic rings. The third-order valence-corrected chi connectivity index (χ3v) is 2.07. The van der Waals surface area contributed by atoms with Gasteiger partial charge in [-0.1, -0.05) is 30.9 Å². The van der Waals surface area contributed by atoms with Gasteiger partial charge in [-0.05, 0) is 30.9 Å². The lowest BCUT2D eigenvalue weighted by Crippen LogP contribution is -2.10. The van der Waals surface area contributed by atoms with Gasteiger partial charge in [0, 0.05) is 0 Å². The summed E-state index contributed by atoms with van der Waals surface area (Å²) in [6.07, 6.45) is 10.5. The normalized spacial score (nSPS) is 23.0. The Morgan fingerprint density at radius 2 is 2.55 bits per heavy atom. The Morgan fingerprint density at radius 1 is 1.73 bits per heavy atom. The van der Waals surface area contributed by atoms with Gasteiger partial charge in [0.05, 0.1) is 0 Å². The van der Waals surface area contributed by atoms with Crippen molar-refractivity contribution in [1.29, 1.82) is 0 Å². The molecule has 0 amide bonds. The molecule has 0 bridgehead atoms. The quantitative estimate of drug-likeness (QED) is 0.652. The minimum absolute atomic E-state index is 0.613. The predicted octanol–water partition coefficient (Wildman–Crippen LogP) is 2.02. The van der Waals surface area contributed by atoms with Crippen LogP contribution in [0.3, 0.4) is 0 Å². The van der Waals surface area contributed by atoms with Crippen LogP contribution in [0, 0.1) is 5.92 Å². The average Bonchev–Trinajstić information content (AvgIpc) is 2.06. The molecular weight excluding hydrogens is 134 g/mol. The molecule has 1 nitrogen and oxygen atoms in total. The van der Waals surface area contributed by atoms with E-state index in [1.54, 1.807) is 0 Å². The van der Waals surface area contributed by atoms with Crippen molar-refractivity contribution in [3.8, 4) is 0 Å². The molecule has 0 aromatic carbocycles. The molecule has 1 heteroatoms. The molecule has 0 radical (unpaired) electrons. The largest absolute Gasteiger partial charge is 0.330 e. The highest BCUT2D eigenvalue weighted by Crippen LogP contribution is 2.23. The fraction of sp³-hybridized carbons (Fsp3) is 0.400. The standard InChI is InChI=1S/C10H15N/c1-2-9-5-3-4-6-10(9)7-8-11/h2-5,10H,1,6-8,11H2. The van der Waals surface area contributed by atoms with Crippen LogP contribution < -0.4 is 5.73 Å². The Hall–Kier alpha value is -0.820. The van der Waals surface area contributed by atoms with Gasteiger partial charge in [0.2, 0.25) is 0 Å². The van der Waals surface area contributed by atoms with Crippen molar-refractivity contribution in [2.45, 2.75) is 12.8 Å². The van der Waals surface area contributed by atoms with Crippen LogP contribution in [-0.2, 0) is 0 Å². The zero-order chi connectivity index (χ0) is 8.10. The first-order chi connectivity index (χ1) is 5.38. The maximum atomic E-state index is 5.49. The Kier molecular flexibility index (Phi) is 3.12. The zero-order valence-corrected chi connectivity index (χ0v) is 6.79. The maximum absolute atomic E-state index is 5.49. The summed E-state index contributed by atoms with van der Waals surface area (Å²) in [6, 6.07) is 0. The van der Waals surface area contributed by atoms with Crippen molar-refractivity contribution in [3.63, 3.8) is 0 Å². The molecule has 0 fully saturated rings. The molecule has 0 aliphatic heterocycles. The van der Waals surface area contributed by atoms with Gasteiger partial charge >= 0.3 is 0 Å². The van der Waals surface area contributed by atoms with E-state index >= 15 is 0 Å². The van der Waals surface area contributed by atoms with E-state index in [9.17, 15) is 0 Å². The van der Waals surface area contributed by atoms with E-state index in [2.05, 4.69) is 24.8 Å². The third-order valence-electron chi connectivity index (χ3n) is 2.07. The van der Waals surface area contributed by atoms with Gasteiger partial charge in [-0.3, -0.25) is 0 Å². The van der Waals surface area contributed by atoms with Crippen molar-refractivity contribution in [2.24, 2.45) is 11.7 Å². The summed E-state index contributed by atoms with van der Waals surface area (Å²) in [6.45, 7) is 4.54. The summed E-state index contributed by atoms with van der Waals surface area (Å²) in [4.78, 5) is 0. The highest BCUT2D eigenvalue weighted by Gasteiger charge is 2.10. The first kappa shape index (κ1) is 8.28. The molecule has 0 saturated carbocycles. The van der Waals surface area contributed by atoms with Crippen LogP contribution in [0.1, 0.15) is 12.8 Å². The van der Waals surface area contributed by atoms with Crippen LogP contribution in [0.15, 0.2) is 36.5 Å². The van der Waals surface area contributed by atoms with Crippen molar-refractivity contribution >= 4 is 0 Å². The second-order valence-electron chi connectivity index (χ2n) is 2.81. The smallest absolute Gasteiger partial charge is 0.00713 e. The monoisotopic (exact) mass is 149 g/mol. The van der Waals surface area contributed by atoms with E-state index in [-0.39, 0.29) is 0 Å². The van der Waals surface area contributed by atoms with E-state index < -0.39 is 0 Å². The molecule has 0 heterocycles. The van der Waals surface area contributed by atoms with Gasteiger partial charge in [-0.15, -0.1) is 0 Å². The van der Waals surface area contributed by atoms with E-state index in [0.29, 0.717) is 5.92 Å². The van der Waals surface area contributed by atoms with Crippen LogP contribution in [0.2, 0.25) is 0 Å². The van der Waals surface area contributed by atoms with Crippen molar-refractivity contribution in [2.75, 3.05) is 6.54 Å². The summed E-state index contributed by atoms with van der Waals surface area (Å²) < 4.78 is 0. The van der Waals surface area contributed by atoms with Crippen molar-refractivity contribution < 1.29 is 0 Å². The summed E-state index contributed by atoms with van der Waals surface area (Å²) in [5.74, 6) is 0.613. The average molecular weight is 149 g/mol. The molecule has 11 heavy (non-hydrogen) atoms. The van der Waals surface area contributed by atoms with Crippen LogP contribution in [0.25, 0.3) is 0 Å². The minimum Gasteiger partial charge on any atom is -0.330 e. The molecule has 0 aromatic rings. The third kappa shape index (κ3) is 2.05. The Labute approximate surface area is 68.3 Å². The second kappa shape index (κ2) is 4.14. The van der Waals surface area contributed by atoms with Gasteiger partial charge in [0.25, 0.3) is 0 Å². The van der Waals surface area contributed by atoms with E-state index in [4.69, 9.17) is 5.73 Å². The topological polar surface area (TPSA) is 26.0 Å². The molecular formula is C10H15N. The van der Waals surface area contributed by atoms with Crippen LogP contribution in [-0.4, -0.2) is 6.54 Å². The minimum atomic E-state index is 0.613. The lowest BCUT2D eigenvalue weighted by molar-refractivity contribution is 0.582. The molecule has 0 aromatic heterocycles. The highest BCUT2D eigenvalue weighted by atomic mass is 14.5. The summed E-state index contributed by atoms with van der Waals surface area (Å²) in [5.41, 5.74) is 6.82. The molecule has 60 valence electrons. The van der Waals surface area contributed by atoms with E-state index in [1.165, 1.54) is 5.57 Å². The Morgan fingerprint density at radius 3 is 3.18 bits per heavy atom. The van der Waals surface area contributed by atoms with Crippen molar-refractivity contribution in [1.82, 2.24) is 0 Å². The fourth-order valence-electron chi connectivity index (χ4n) is 1.41. The van der Waals surface area contributed by atoms with Gasteiger partial charge in [-0.25, -0.2) is 0 Å². The maximum Gasteiger partial charge on any atom is -0.00713 e. The lowest BCUT2D eigenvalue weighted by Gasteiger charge is -2.17. The predicted molar refractivity (Wildman–Crippen MR) is 49.2 cm³/mol. The molecule has 1 atom stereocenters. The first-order valence-corrected chi connectivity index (χ1v) is 4.07. The second-order valence-corrected chi connectivity index (χ2v) is 2.81. The fourth-order valence-corrected chi connectivity index (χ4v) is 1.41. The Bertz CT molecular complexity index is 189. The molecule has 0 spiro atoms. The van der Waals surface area contributed by atoms with Gasteiger partial charge in [-0.2, -0.15) is 0 Å². The molecule has 0 saturated heterocycles. The summed E-state index contributed by atoms with van der Waals surface area (Å²) >= 11 is 0. The number of nitrogens with two attached hydrogens (primary N) is 1. The first-order valence-electron chi connectivity index (χ1n) is 4.07. The molecule has 1 rings (SSSR count). The van der Waals surface area contributed by atoms with Crippen LogP contribution in [0.5, 0.6) is 0 Å².